The van der Waals surface area contributed by atoms with Crippen molar-refractivity contribution in [2.45, 2.75) is 58.0 Å². The van der Waals surface area contributed by atoms with Crippen LogP contribution in [0.15, 0.2) is 30.3 Å². The Bertz CT molecular complexity index is 424. The van der Waals surface area contributed by atoms with E-state index < -0.39 is 0 Å². The van der Waals surface area contributed by atoms with Gasteiger partial charge < -0.3 is 4.90 Å². The standard InChI is InChI=1S/C18H28N2O/c1-3-17(16-11-7-6-8-12-16)19-15(2)18(21)20-13-9-4-5-10-14-20/h6-8,11-12,15,17,19H,3-5,9-10,13-14H2,1-2H3. The molecule has 3 nitrogen and oxygen atoms in total. The first-order valence-electron chi connectivity index (χ1n) is 8.32. The van der Waals surface area contributed by atoms with Gasteiger partial charge in [0.2, 0.25) is 5.91 Å². The van der Waals surface area contributed by atoms with Gasteiger partial charge in [0.25, 0.3) is 0 Å². The van der Waals surface area contributed by atoms with E-state index in [4.69, 9.17) is 0 Å². The van der Waals surface area contributed by atoms with Crippen molar-refractivity contribution >= 4 is 5.91 Å². The number of likely N-dealkylation sites (tertiary alicyclic amines) is 1. The summed E-state index contributed by atoms with van der Waals surface area (Å²) in [5, 5.41) is 3.51. The number of amides is 1. The summed E-state index contributed by atoms with van der Waals surface area (Å²) in [5.74, 6) is 0.256. The van der Waals surface area contributed by atoms with E-state index in [1.807, 2.05) is 17.9 Å². The first kappa shape index (κ1) is 16.0. The number of carbonyl (C=O) groups is 1. The molecule has 0 saturated carbocycles. The molecule has 1 aromatic carbocycles. The van der Waals surface area contributed by atoms with Crippen LogP contribution in [0.5, 0.6) is 0 Å². The lowest BCUT2D eigenvalue weighted by Crippen LogP contribution is -2.46. The average Bonchev–Trinajstić information content (AvgIpc) is 2.81. The molecule has 0 aromatic heterocycles. The molecule has 2 atom stereocenters. The zero-order chi connectivity index (χ0) is 15.1. The molecule has 1 aliphatic rings. The van der Waals surface area contributed by atoms with Gasteiger partial charge in [0.05, 0.1) is 6.04 Å². The number of carbonyl (C=O) groups excluding carboxylic acids is 1. The van der Waals surface area contributed by atoms with Gasteiger partial charge in [-0.25, -0.2) is 0 Å². The van der Waals surface area contributed by atoms with E-state index in [1.54, 1.807) is 0 Å². The molecule has 2 rings (SSSR count). The Labute approximate surface area is 128 Å². The van der Waals surface area contributed by atoms with Crippen molar-refractivity contribution in [3.8, 4) is 0 Å². The van der Waals surface area contributed by atoms with Crippen LogP contribution in [-0.2, 0) is 4.79 Å². The fourth-order valence-electron chi connectivity index (χ4n) is 3.07. The molecule has 116 valence electrons. The van der Waals surface area contributed by atoms with Gasteiger partial charge in [-0.3, -0.25) is 10.1 Å². The number of nitrogens with one attached hydrogen (secondary N) is 1. The van der Waals surface area contributed by atoms with Crippen molar-refractivity contribution in [1.82, 2.24) is 10.2 Å². The first-order chi connectivity index (χ1) is 10.2. The summed E-state index contributed by atoms with van der Waals surface area (Å²) in [6.45, 7) is 6.01. The third-order valence-electron chi connectivity index (χ3n) is 4.35. The average molecular weight is 288 g/mol. The summed E-state index contributed by atoms with van der Waals surface area (Å²) >= 11 is 0. The second-order valence-corrected chi connectivity index (χ2v) is 6.00. The van der Waals surface area contributed by atoms with Gasteiger partial charge in [0.15, 0.2) is 0 Å². The van der Waals surface area contributed by atoms with Crippen LogP contribution >= 0.6 is 0 Å². The van der Waals surface area contributed by atoms with E-state index in [0.717, 1.165) is 32.4 Å². The Morgan fingerprint density at radius 3 is 2.33 bits per heavy atom. The fourth-order valence-corrected chi connectivity index (χ4v) is 3.07. The third-order valence-corrected chi connectivity index (χ3v) is 4.35. The molecular formula is C18H28N2O. The maximum atomic E-state index is 12.6. The lowest BCUT2D eigenvalue weighted by molar-refractivity contribution is -0.133. The van der Waals surface area contributed by atoms with E-state index >= 15 is 0 Å². The maximum Gasteiger partial charge on any atom is 0.239 e. The zero-order valence-electron chi connectivity index (χ0n) is 13.3. The van der Waals surface area contributed by atoms with Crippen LogP contribution < -0.4 is 5.32 Å². The summed E-state index contributed by atoms with van der Waals surface area (Å²) in [6.07, 6.45) is 5.80. The van der Waals surface area contributed by atoms with E-state index in [1.165, 1.54) is 18.4 Å². The van der Waals surface area contributed by atoms with E-state index in [9.17, 15) is 4.79 Å². The molecule has 2 unspecified atom stereocenters. The minimum atomic E-state index is -0.117. The minimum Gasteiger partial charge on any atom is -0.341 e. The molecule has 0 aliphatic carbocycles. The van der Waals surface area contributed by atoms with Gasteiger partial charge in [0.1, 0.15) is 0 Å². The SMILES string of the molecule is CCC(NC(C)C(=O)N1CCCCCC1)c1ccccc1. The highest BCUT2D eigenvalue weighted by Crippen LogP contribution is 2.18. The van der Waals surface area contributed by atoms with Crippen LogP contribution in [-0.4, -0.2) is 29.9 Å². The quantitative estimate of drug-likeness (QED) is 0.899. The normalized spacial score (nSPS) is 18.9. The molecule has 1 saturated heterocycles. The van der Waals surface area contributed by atoms with Crippen LogP contribution in [0.2, 0.25) is 0 Å². The Hall–Kier alpha value is -1.35. The number of benzene rings is 1. The number of rotatable bonds is 5. The molecule has 0 spiro atoms. The summed E-state index contributed by atoms with van der Waals surface area (Å²) in [4.78, 5) is 14.6. The van der Waals surface area contributed by atoms with Crippen molar-refractivity contribution < 1.29 is 4.79 Å². The van der Waals surface area contributed by atoms with Gasteiger partial charge in [-0.2, -0.15) is 0 Å². The van der Waals surface area contributed by atoms with Crippen LogP contribution in [0.1, 0.15) is 57.6 Å². The largest absolute Gasteiger partial charge is 0.341 e. The van der Waals surface area contributed by atoms with Crippen molar-refractivity contribution in [3.05, 3.63) is 35.9 Å². The Morgan fingerprint density at radius 2 is 1.76 bits per heavy atom. The third kappa shape index (κ3) is 4.57. The van der Waals surface area contributed by atoms with Crippen LogP contribution in [0.3, 0.4) is 0 Å². The molecule has 1 aliphatic heterocycles. The first-order valence-corrected chi connectivity index (χ1v) is 8.32. The predicted molar refractivity (Wildman–Crippen MR) is 87.1 cm³/mol. The molecule has 3 heteroatoms. The summed E-state index contributed by atoms with van der Waals surface area (Å²) in [7, 11) is 0. The van der Waals surface area contributed by atoms with Crippen molar-refractivity contribution in [2.75, 3.05) is 13.1 Å². The van der Waals surface area contributed by atoms with Crippen LogP contribution in [0.4, 0.5) is 0 Å². The van der Waals surface area contributed by atoms with Gasteiger partial charge >= 0.3 is 0 Å². The van der Waals surface area contributed by atoms with Crippen molar-refractivity contribution in [3.63, 3.8) is 0 Å². The van der Waals surface area contributed by atoms with E-state index in [-0.39, 0.29) is 18.0 Å². The summed E-state index contributed by atoms with van der Waals surface area (Å²) < 4.78 is 0. The molecule has 1 aromatic rings. The van der Waals surface area contributed by atoms with Gasteiger partial charge in [0, 0.05) is 19.1 Å². The molecule has 0 radical (unpaired) electrons. The molecule has 21 heavy (non-hydrogen) atoms. The Morgan fingerprint density at radius 1 is 1.14 bits per heavy atom. The number of nitrogens with zero attached hydrogens (tertiary/aromatic N) is 1. The fraction of sp³-hybridized carbons (Fsp3) is 0.611. The molecular weight excluding hydrogens is 260 g/mol. The monoisotopic (exact) mass is 288 g/mol. The van der Waals surface area contributed by atoms with Gasteiger partial charge in [-0.15, -0.1) is 0 Å². The van der Waals surface area contributed by atoms with Crippen LogP contribution in [0, 0.1) is 0 Å². The molecule has 1 heterocycles. The topological polar surface area (TPSA) is 32.3 Å². The van der Waals surface area contributed by atoms with Crippen LogP contribution in [0.25, 0.3) is 0 Å². The minimum absolute atomic E-state index is 0.117. The highest BCUT2D eigenvalue weighted by Gasteiger charge is 2.23. The predicted octanol–water partition coefficient (Wildman–Crippen LogP) is 3.52. The van der Waals surface area contributed by atoms with Crippen molar-refractivity contribution in [2.24, 2.45) is 0 Å². The smallest absolute Gasteiger partial charge is 0.239 e. The molecule has 0 bridgehead atoms. The summed E-state index contributed by atoms with van der Waals surface area (Å²) in [6, 6.07) is 10.5. The van der Waals surface area contributed by atoms with Gasteiger partial charge in [-0.1, -0.05) is 50.1 Å². The summed E-state index contributed by atoms with van der Waals surface area (Å²) in [5.41, 5.74) is 1.26. The lowest BCUT2D eigenvalue weighted by Gasteiger charge is -2.28. The zero-order valence-corrected chi connectivity index (χ0v) is 13.3. The number of hydrogen-bond donors (Lipinski definition) is 1. The Balaban J connectivity index is 1.95. The second-order valence-electron chi connectivity index (χ2n) is 6.00. The molecule has 1 N–H and O–H groups in total. The Kier molecular flexibility index (Phi) is 6.24. The lowest BCUT2D eigenvalue weighted by atomic mass is 10.0. The highest BCUT2D eigenvalue weighted by atomic mass is 16.2. The molecule has 1 fully saturated rings. The van der Waals surface area contributed by atoms with Crippen molar-refractivity contribution in [1.29, 1.82) is 0 Å². The molecule has 1 amide bonds. The maximum absolute atomic E-state index is 12.6. The van der Waals surface area contributed by atoms with E-state index in [2.05, 4.69) is 36.5 Å². The van der Waals surface area contributed by atoms with Gasteiger partial charge in [-0.05, 0) is 31.7 Å². The second kappa shape index (κ2) is 8.18. The highest BCUT2D eigenvalue weighted by molar-refractivity contribution is 5.81. The number of hydrogen-bond acceptors (Lipinski definition) is 2. The van der Waals surface area contributed by atoms with E-state index in [0.29, 0.717) is 0 Å².